The lowest BCUT2D eigenvalue weighted by atomic mass is 10.1. The maximum atomic E-state index is 14.0. The highest BCUT2D eigenvalue weighted by atomic mass is 79.9. The van der Waals surface area contributed by atoms with Gasteiger partial charge in [-0.05, 0) is 57.4 Å². The summed E-state index contributed by atoms with van der Waals surface area (Å²) in [6.07, 6.45) is 1.33. The predicted molar refractivity (Wildman–Crippen MR) is 124 cm³/mol. The van der Waals surface area contributed by atoms with Crippen LogP contribution < -0.4 is 14.9 Å². The van der Waals surface area contributed by atoms with E-state index in [9.17, 15) is 19.3 Å². The standard InChI is InChI=1S/C23H16BrFN4O5/c1-33-21-10-16(12-27-28-23(30)18-6-5-14(11-26)9-20(18)25)8-19(24)22(21)34-13-15-3-2-4-17(7-15)29(31)32/h2-10,12H,13H2,1H3,(H,28,30)/b27-12-. The molecule has 9 nitrogen and oxygen atoms in total. The fourth-order valence-corrected chi connectivity index (χ4v) is 3.44. The molecular formula is C23H16BrFN4O5. The van der Waals surface area contributed by atoms with Crippen LogP contribution in [0.25, 0.3) is 0 Å². The summed E-state index contributed by atoms with van der Waals surface area (Å²) in [5, 5.41) is 23.5. The Bertz CT molecular complexity index is 1320. The number of nitrogens with zero attached hydrogens (tertiary/aromatic N) is 3. The van der Waals surface area contributed by atoms with E-state index in [4.69, 9.17) is 14.7 Å². The summed E-state index contributed by atoms with van der Waals surface area (Å²) in [6, 6.07) is 14.6. The van der Waals surface area contributed by atoms with Gasteiger partial charge in [0, 0.05) is 12.1 Å². The maximum Gasteiger partial charge on any atom is 0.274 e. The number of methoxy groups -OCH3 is 1. The Kier molecular flexibility index (Phi) is 7.89. The Balaban J connectivity index is 1.71. The predicted octanol–water partition coefficient (Wildman–Crippen LogP) is 4.72. The van der Waals surface area contributed by atoms with Gasteiger partial charge in [-0.3, -0.25) is 14.9 Å². The highest BCUT2D eigenvalue weighted by Crippen LogP contribution is 2.37. The molecule has 0 heterocycles. The van der Waals surface area contributed by atoms with Gasteiger partial charge in [-0.25, -0.2) is 9.82 Å². The molecule has 34 heavy (non-hydrogen) atoms. The van der Waals surface area contributed by atoms with Crippen LogP contribution in [0.3, 0.4) is 0 Å². The summed E-state index contributed by atoms with van der Waals surface area (Å²) in [4.78, 5) is 22.6. The number of hydrazone groups is 1. The molecule has 0 aromatic heterocycles. The number of hydrogen-bond acceptors (Lipinski definition) is 7. The molecule has 0 fully saturated rings. The van der Waals surface area contributed by atoms with Crippen molar-refractivity contribution < 1.29 is 23.6 Å². The van der Waals surface area contributed by atoms with Crippen LogP contribution in [0.15, 0.2) is 64.2 Å². The Morgan fingerprint density at radius 1 is 1.29 bits per heavy atom. The normalized spacial score (nSPS) is 10.5. The number of non-ortho nitro benzene ring substituents is 1. The lowest BCUT2D eigenvalue weighted by molar-refractivity contribution is -0.384. The molecule has 0 unspecified atom stereocenters. The Hall–Kier alpha value is -4.30. The van der Waals surface area contributed by atoms with Crippen molar-refractivity contribution in [3.8, 4) is 17.6 Å². The number of hydrogen-bond donors (Lipinski definition) is 1. The van der Waals surface area contributed by atoms with E-state index in [0.29, 0.717) is 27.1 Å². The summed E-state index contributed by atoms with van der Waals surface area (Å²) < 4.78 is 25.6. The molecule has 0 spiro atoms. The van der Waals surface area contributed by atoms with E-state index >= 15 is 0 Å². The summed E-state index contributed by atoms with van der Waals surface area (Å²) in [5.74, 6) is -0.886. The van der Waals surface area contributed by atoms with Gasteiger partial charge in [-0.2, -0.15) is 10.4 Å². The molecule has 0 aliphatic carbocycles. The van der Waals surface area contributed by atoms with Gasteiger partial charge < -0.3 is 9.47 Å². The first-order valence-electron chi connectivity index (χ1n) is 9.59. The molecule has 11 heteroatoms. The molecule has 1 amide bonds. The summed E-state index contributed by atoms with van der Waals surface area (Å²) in [6.45, 7) is 0.0658. The molecule has 3 aromatic carbocycles. The lowest BCUT2D eigenvalue weighted by Crippen LogP contribution is -2.19. The number of ether oxygens (including phenoxy) is 2. The van der Waals surface area contributed by atoms with Gasteiger partial charge in [0.25, 0.3) is 11.6 Å². The summed E-state index contributed by atoms with van der Waals surface area (Å²) in [5.41, 5.74) is 3.17. The first-order chi connectivity index (χ1) is 16.3. The van der Waals surface area contributed by atoms with Crippen molar-refractivity contribution in [3.63, 3.8) is 0 Å². The topological polar surface area (TPSA) is 127 Å². The molecular weight excluding hydrogens is 511 g/mol. The van der Waals surface area contributed by atoms with Gasteiger partial charge in [0.05, 0.1) is 39.9 Å². The molecule has 0 saturated heterocycles. The van der Waals surface area contributed by atoms with E-state index in [-0.39, 0.29) is 23.4 Å². The highest BCUT2D eigenvalue weighted by molar-refractivity contribution is 9.10. The summed E-state index contributed by atoms with van der Waals surface area (Å²) >= 11 is 3.39. The van der Waals surface area contributed by atoms with E-state index in [1.54, 1.807) is 30.3 Å². The zero-order chi connectivity index (χ0) is 24.7. The van der Waals surface area contributed by atoms with Crippen molar-refractivity contribution in [1.82, 2.24) is 5.43 Å². The molecule has 0 atom stereocenters. The van der Waals surface area contributed by atoms with Crippen LogP contribution in [0, 0.1) is 27.3 Å². The molecule has 3 aromatic rings. The number of nitro groups is 1. The van der Waals surface area contributed by atoms with Crippen molar-refractivity contribution in [1.29, 1.82) is 5.26 Å². The number of rotatable bonds is 8. The fraction of sp³-hybridized carbons (Fsp3) is 0.0870. The van der Waals surface area contributed by atoms with Crippen LogP contribution in [-0.4, -0.2) is 24.2 Å². The first kappa shape index (κ1) is 24.3. The maximum absolute atomic E-state index is 14.0. The SMILES string of the molecule is COc1cc(/C=N\NC(=O)c2ccc(C#N)cc2F)cc(Br)c1OCc1cccc([N+](=O)[O-])c1. The lowest BCUT2D eigenvalue weighted by Gasteiger charge is -2.13. The van der Waals surface area contributed by atoms with E-state index in [1.165, 1.54) is 37.6 Å². The van der Waals surface area contributed by atoms with Gasteiger partial charge in [0.2, 0.25) is 0 Å². The molecule has 0 saturated carbocycles. The van der Waals surface area contributed by atoms with E-state index in [0.717, 1.165) is 6.07 Å². The average molecular weight is 527 g/mol. The minimum Gasteiger partial charge on any atom is -0.493 e. The number of carbonyl (C=O) groups is 1. The van der Waals surface area contributed by atoms with Crippen LogP contribution in [0.2, 0.25) is 0 Å². The third-order valence-electron chi connectivity index (χ3n) is 4.48. The summed E-state index contributed by atoms with van der Waals surface area (Å²) in [7, 11) is 1.44. The minimum absolute atomic E-state index is 0.0402. The number of benzene rings is 3. The minimum atomic E-state index is -0.832. The second-order valence-corrected chi connectivity index (χ2v) is 7.61. The van der Waals surface area contributed by atoms with Gasteiger partial charge in [0.1, 0.15) is 12.4 Å². The zero-order valence-corrected chi connectivity index (χ0v) is 19.2. The number of nitro benzene ring substituents is 1. The number of halogens is 2. The van der Waals surface area contributed by atoms with Crippen LogP contribution >= 0.6 is 15.9 Å². The second kappa shape index (κ2) is 11.0. The number of nitriles is 1. The van der Waals surface area contributed by atoms with Crippen LogP contribution in [0.5, 0.6) is 11.5 Å². The van der Waals surface area contributed by atoms with Crippen molar-refractivity contribution in [2.24, 2.45) is 5.10 Å². The molecule has 0 aliphatic rings. The molecule has 172 valence electrons. The molecule has 0 aliphatic heterocycles. The van der Waals surface area contributed by atoms with E-state index < -0.39 is 16.6 Å². The first-order valence-corrected chi connectivity index (χ1v) is 10.4. The average Bonchev–Trinajstić information content (AvgIpc) is 2.82. The Morgan fingerprint density at radius 2 is 2.09 bits per heavy atom. The smallest absolute Gasteiger partial charge is 0.274 e. The Morgan fingerprint density at radius 3 is 2.76 bits per heavy atom. The molecule has 3 rings (SSSR count). The van der Waals surface area contributed by atoms with Crippen LogP contribution in [-0.2, 0) is 6.61 Å². The van der Waals surface area contributed by atoms with Gasteiger partial charge in [0.15, 0.2) is 11.5 Å². The fourth-order valence-electron chi connectivity index (χ4n) is 2.86. The van der Waals surface area contributed by atoms with Gasteiger partial charge >= 0.3 is 0 Å². The Labute approximate surface area is 201 Å². The molecule has 1 N–H and O–H groups in total. The van der Waals surface area contributed by atoms with Crippen molar-refractivity contribution in [2.75, 3.05) is 7.11 Å². The molecule has 0 bridgehead atoms. The van der Waals surface area contributed by atoms with Crippen molar-refractivity contribution in [2.45, 2.75) is 6.61 Å². The monoisotopic (exact) mass is 526 g/mol. The van der Waals surface area contributed by atoms with E-state index in [1.807, 2.05) is 0 Å². The second-order valence-electron chi connectivity index (χ2n) is 6.76. The number of carbonyl (C=O) groups excluding carboxylic acids is 1. The van der Waals surface area contributed by atoms with Gasteiger partial charge in [-0.1, -0.05) is 12.1 Å². The van der Waals surface area contributed by atoms with Gasteiger partial charge in [-0.15, -0.1) is 0 Å². The highest BCUT2D eigenvalue weighted by Gasteiger charge is 2.14. The zero-order valence-electron chi connectivity index (χ0n) is 17.6. The largest absolute Gasteiger partial charge is 0.493 e. The number of nitrogens with one attached hydrogen (secondary N) is 1. The third-order valence-corrected chi connectivity index (χ3v) is 5.07. The van der Waals surface area contributed by atoms with Crippen LogP contribution in [0.4, 0.5) is 10.1 Å². The quantitative estimate of drug-likeness (QED) is 0.257. The molecule has 0 radical (unpaired) electrons. The van der Waals surface area contributed by atoms with Crippen molar-refractivity contribution >= 4 is 33.7 Å². The third kappa shape index (κ3) is 5.93. The van der Waals surface area contributed by atoms with E-state index in [2.05, 4.69) is 26.5 Å². The van der Waals surface area contributed by atoms with Crippen LogP contribution in [0.1, 0.15) is 27.0 Å². The number of amides is 1. The van der Waals surface area contributed by atoms with Crippen molar-refractivity contribution in [3.05, 3.63) is 97.3 Å².